The molecule has 0 bridgehead atoms. The predicted molar refractivity (Wildman–Crippen MR) is 79.9 cm³/mol. The van der Waals surface area contributed by atoms with Gasteiger partial charge >= 0.3 is 134 Å². The Kier molecular flexibility index (Phi) is 8.94. The van der Waals surface area contributed by atoms with Gasteiger partial charge in [0.25, 0.3) is 0 Å². The SMILES string of the molecule is CC(C)(C)OC1(CC2=[C]([Ti+2])CC=C2)CC=CC=C1CN.[Cl-].[Cl-]. The third-order valence-electron chi connectivity index (χ3n) is 3.69. The molecule has 2 aliphatic rings. The number of nitrogens with two attached hydrogens (primary N) is 1. The maximum absolute atomic E-state index is 6.51. The molecule has 0 amide bonds. The van der Waals surface area contributed by atoms with Gasteiger partial charge in [-0.25, -0.2) is 0 Å². The van der Waals surface area contributed by atoms with Crippen molar-refractivity contribution in [3.8, 4) is 0 Å². The van der Waals surface area contributed by atoms with E-state index >= 15 is 0 Å². The van der Waals surface area contributed by atoms with Gasteiger partial charge in [-0.15, -0.1) is 0 Å². The molecule has 0 radical (unpaired) electrons. The molecule has 2 rings (SSSR count). The van der Waals surface area contributed by atoms with E-state index in [0.29, 0.717) is 6.54 Å². The molecule has 0 aromatic heterocycles. The summed E-state index contributed by atoms with van der Waals surface area (Å²) in [7, 11) is 0. The molecular weight excluding hydrogens is 353 g/mol. The van der Waals surface area contributed by atoms with E-state index in [4.69, 9.17) is 10.5 Å². The first kappa shape index (κ1) is 22.2. The van der Waals surface area contributed by atoms with Crippen molar-refractivity contribution in [3.05, 3.63) is 45.4 Å². The summed E-state index contributed by atoms with van der Waals surface area (Å²) in [5.74, 6) is 0. The summed E-state index contributed by atoms with van der Waals surface area (Å²) in [6.45, 7) is 6.91. The van der Waals surface area contributed by atoms with Crippen LogP contribution >= 0.6 is 0 Å². The molecular formula is C17H24Cl2NOTi. The van der Waals surface area contributed by atoms with Crippen molar-refractivity contribution in [2.24, 2.45) is 5.73 Å². The standard InChI is InChI=1S/C17H24NO.2ClH.Ti/c1-16(2,3)19-17(12-14-8-4-5-9-14)11-7-6-10-15(17)13-18;;;/h4,6-8,10H,5,11-13,18H2,1-3H3;2*1H;/q;;;+2/p-2. The van der Waals surface area contributed by atoms with Crippen LogP contribution < -0.4 is 30.5 Å². The number of halogens is 2. The molecule has 0 spiro atoms. The Morgan fingerprint density at radius 3 is 2.45 bits per heavy atom. The van der Waals surface area contributed by atoms with Crippen molar-refractivity contribution in [3.63, 3.8) is 0 Å². The summed E-state index contributed by atoms with van der Waals surface area (Å²) < 4.78 is 7.96. The van der Waals surface area contributed by atoms with Crippen molar-refractivity contribution >= 4 is 0 Å². The topological polar surface area (TPSA) is 35.2 Å². The van der Waals surface area contributed by atoms with Crippen molar-refractivity contribution in [1.82, 2.24) is 0 Å². The molecule has 0 heterocycles. The van der Waals surface area contributed by atoms with Crippen LogP contribution in [0.3, 0.4) is 0 Å². The van der Waals surface area contributed by atoms with E-state index < -0.39 is 0 Å². The van der Waals surface area contributed by atoms with Crippen LogP contribution in [-0.2, 0) is 25.2 Å². The van der Waals surface area contributed by atoms with Gasteiger partial charge in [0.05, 0.1) is 0 Å². The second kappa shape index (κ2) is 8.87. The van der Waals surface area contributed by atoms with Crippen LogP contribution in [0.5, 0.6) is 0 Å². The van der Waals surface area contributed by atoms with E-state index in [2.05, 4.69) is 71.6 Å². The third kappa shape index (κ3) is 5.37. The van der Waals surface area contributed by atoms with Gasteiger partial charge in [0.15, 0.2) is 0 Å². The zero-order valence-electron chi connectivity index (χ0n) is 13.5. The molecule has 0 saturated heterocycles. The first-order chi connectivity index (χ1) is 9.36. The molecule has 0 saturated carbocycles. The average molecular weight is 377 g/mol. The number of ether oxygens (including phenoxy) is 1. The maximum Gasteiger partial charge on any atom is -1.00 e. The fourth-order valence-electron chi connectivity index (χ4n) is 2.92. The van der Waals surface area contributed by atoms with Crippen molar-refractivity contribution in [2.45, 2.75) is 51.2 Å². The molecule has 121 valence electrons. The van der Waals surface area contributed by atoms with Gasteiger partial charge in [-0.2, -0.15) is 0 Å². The summed E-state index contributed by atoms with van der Waals surface area (Å²) >= 11 is 2.21. The molecule has 2 N–H and O–H groups in total. The average Bonchev–Trinajstić information content (AvgIpc) is 2.73. The zero-order chi connectivity index (χ0) is 14.8. The minimum atomic E-state index is -0.285. The minimum absolute atomic E-state index is 0. The Balaban J connectivity index is 0.00000220. The second-order valence-corrected chi connectivity index (χ2v) is 7.47. The molecule has 0 fully saturated rings. The number of allylic oxidation sites excluding steroid dienone is 5. The normalized spacial score (nSPS) is 24.0. The summed E-state index contributed by atoms with van der Waals surface area (Å²) in [6, 6.07) is 0. The summed E-state index contributed by atoms with van der Waals surface area (Å²) in [5.41, 5.74) is 8.13. The summed E-state index contributed by atoms with van der Waals surface area (Å²) in [5, 5.41) is 0. The van der Waals surface area contributed by atoms with Crippen LogP contribution in [0.15, 0.2) is 45.4 Å². The van der Waals surface area contributed by atoms with Gasteiger partial charge in [-0.3, -0.25) is 0 Å². The van der Waals surface area contributed by atoms with Crippen LogP contribution in [0.1, 0.15) is 40.0 Å². The first-order valence-corrected chi connectivity index (χ1v) is 8.01. The fraction of sp³-hybridized carbons (Fsp3) is 0.529. The van der Waals surface area contributed by atoms with E-state index in [1.807, 2.05) is 0 Å². The molecule has 2 aliphatic carbocycles. The van der Waals surface area contributed by atoms with E-state index in [0.717, 1.165) is 19.3 Å². The van der Waals surface area contributed by atoms with Gasteiger partial charge in [-0.05, 0) is 0 Å². The van der Waals surface area contributed by atoms with Crippen molar-refractivity contribution in [1.29, 1.82) is 0 Å². The van der Waals surface area contributed by atoms with Crippen molar-refractivity contribution in [2.75, 3.05) is 6.54 Å². The van der Waals surface area contributed by atoms with E-state index in [9.17, 15) is 0 Å². The number of hydrogen-bond donors (Lipinski definition) is 1. The monoisotopic (exact) mass is 376 g/mol. The van der Waals surface area contributed by atoms with Crippen LogP contribution in [0.2, 0.25) is 0 Å². The second-order valence-electron chi connectivity index (χ2n) is 6.52. The Bertz CT molecular complexity index is 503. The van der Waals surface area contributed by atoms with Crippen LogP contribution in [0.4, 0.5) is 0 Å². The molecule has 0 aliphatic heterocycles. The Morgan fingerprint density at radius 1 is 1.27 bits per heavy atom. The Morgan fingerprint density at radius 2 is 1.95 bits per heavy atom. The minimum Gasteiger partial charge on any atom is -1.00 e. The number of hydrogen-bond acceptors (Lipinski definition) is 2. The van der Waals surface area contributed by atoms with Gasteiger partial charge in [0.1, 0.15) is 0 Å². The molecule has 2 nitrogen and oxygen atoms in total. The molecule has 22 heavy (non-hydrogen) atoms. The van der Waals surface area contributed by atoms with Gasteiger partial charge < -0.3 is 24.8 Å². The first-order valence-electron chi connectivity index (χ1n) is 7.23. The maximum atomic E-state index is 6.51. The number of rotatable bonds is 4. The largest absolute Gasteiger partial charge is 1.00 e. The van der Waals surface area contributed by atoms with E-state index in [1.54, 1.807) is 0 Å². The fourth-order valence-corrected chi connectivity index (χ4v) is 3.37. The summed E-state index contributed by atoms with van der Waals surface area (Å²) in [4.78, 5) is 0. The smallest absolute Gasteiger partial charge is 1.00 e. The Labute approximate surface area is 158 Å². The molecule has 1 unspecified atom stereocenters. The van der Waals surface area contributed by atoms with E-state index in [-0.39, 0.29) is 36.0 Å². The van der Waals surface area contributed by atoms with E-state index in [1.165, 1.54) is 15.0 Å². The van der Waals surface area contributed by atoms with Gasteiger partial charge in [0.2, 0.25) is 0 Å². The summed E-state index contributed by atoms with van der Waals surface area (Å²) in [6.07, 6.45) is 13.8. The van der Waals surface area contributed by atoms with Gasteiger partial charge in [0, 0.05) is 0 Å². The molecule has 1 atom stereocenters. The Hall–Kier alpha value is 0.174. The van der Waals surface area contributed by atoms with Crippen LogP contribution in [0, 0.1) is 0 Å². The van der Waals surface area contributed by atoms with Crippen LogP contribution in [0.25, 0.3) is 0 Å². The van der Waals surface area contributed by atoms with Crippen LogP contribution in [-0.4, -0.2) is 17.7 Å². The molecule has 0 aromatic carbocycles. The third-order valence-corrected chi connectivity index (χ3v) is 4.51. The van der Waals surface area contributed by atoms with Gasteiger partial charge in [-0.1, -0.05) is 0 Å². The predicted octanol–water partition coefficient (Wildman–Crippen LogP) is -2.46. The van der Waals surface area contributed by atoms with Crippen molar-refractivity contribution < 1.29 is 50.0 Å². The molecule has 5 heteroatoms. The quantitative estimate of drug-likeness (QED) is 0.552. The zero-order valence-corrected chi connectivity index (χ0v) is 16.5. The molecule has 0 aromatic rings.